The van der Waals surface area contributed by atoms with E-state index in [1.807, 2.05) is 12.1 Å². The first kappa shape index (κ1) is 22.6. The molecular formula is C29H25FN4O. The molecule has 0 aliphatic carbocycles. The van der Waals surface area contributed by atoms with Gasteiger partial charge in [-0.15, -0.1) is 0 Å². The van der Waals surface area contributed by atoms with E-state index in [-0.39, 0.29) is 17.8 Å². The van der Waals surface area contributed by atoms with Crippen LogP contribution in [-0.2, 0) is 0 Å². The molecule has 1 aliphatic rings. The maximum atomic E-state index is 13.6. The Morgan fingerprint density at radius 3 is 1.91 bits per heavy atom. The van der Waals surface area contributed by atoms with E-state index in [1.54, 1.807) is 33.9 Å². The van der Waals surface area contributed by atoms with Crippen LogP contribution in [0.1, 0.15) is 33.2 Å². The van der Waals surface area contributed by atoms with E-state index in [4.69, 9.17) is 0 Å². The molecule has 0 bridgehead atoms. The third-order valence-electron chi connectivity index (χ3n) is 6.51. The average Bonchev–Trinajstić information content (AvgIpc) is 3.35. The minimum absolute atomic E-state index is 0.104. The number of halogens is 1. The third-order valence-corrected chi connectivity index (χ3v) is 6.51. The molecule has 2 heterocycles. The van der Waals surface area contributed by atoms with Crippen molar-refractivity contribution in [2.75, 3.05) is 26.2 Å². The summed E-state index contributed by atoms with van der Waals surface area (Å²) in [6.45, 7) is 2.52. The largest absolute Gasteiger partial charge is 0.335 e. The highest BCUT2D eigenvalue weighted by Crippen LogP contribution is 2.30. The highest BCUT2D eigenvalue weighted by molar-refractivity contribution is 5.96. The molecule has 0 N–H and O–H groups in total. The summed E-state index contributed by atoms with van der Waals surface area (Å²) in [6.07, 6.45) is 1.69. The second kappa shape index (κ2) is 9.96. The van der Waals surface area contributed by atoms with E-state index < -0.39 is 0 Å². The van der Waals surface area contributed by atoms with Gasteiger partial charge in [-0.05, 0) is 41.5 Å². The van der Waals surface area contributed by atoms with Crippen LogP contribution >= 0.6 is 0 Å². The number of benzene rings is 3. The summed E-state index contributed by atoms with van der Waals surface area (Å²) in [5.74, 6) is -0.539. The highest BCUT2D eigenvalue weighted by Gasteiger charge is 2.30. The first-order valence-corrected chi connectivity index (χ1v) is 11.7. The number of nitrogens with zero attached hydrogens (tertiary/aromatic N) is 4. The molecule has 4 aromatic rings. The van der Waals surface area contributed by atoms with Gasteiger partial charge in [0, 0.05) is 38.1 Å². The zero-order chi connectivity index (χ0) is 24.2. The van der Waals surface area contributed by atoms with Crippen molar-refractivity contribution in [2.45, 2.75) is 6.04 Å². The van der Waals surface area contributed by atoms with E-state index in [2.05, 4.69) is 59.5 Å². The fraction of sp³-hybridized carbons (Fsp3) is 0.172. The standard InChI is InChI=1S/C29H25FN4O/c30-25-11-13-26(14-12-25)34-16-15-24(21-31)28(34)29(35)33-19-17-32(18-20-33)27(22-7-3-1-4-8-22)23-9-5-2-6-10-23/h1-16,27H,17-20H2. The quantitative estimate of drug-likeness (QED) is 0.416. The summed E-state index contributed by atoms with van der Waals surface area (Å²) in [6, 6.07) is 30.6. The molecule has 1 saturated heterocycles. The number of amides is 1. The van der Waals surface area contributed by atoms with Crippen molar-refractivity contribution in [3.8, 4) is 11.8 Å². The van der Waals surface area contributed by atoms with Crippen LogP contribution in [0.3, 0.4) is 0 Å². The van der Waals surface area contributed by atoms with Gasteiger partial charge in [0.25, 0.3) is 5.91 Å². The van der Waals surface area contributed by atoms with Crippen LogP contribution in [-0.4, -0.2) is 46.5 Å². The van der Waals surface area contributed by atoms with Crippen LogP contribution in [0.15, 0.2) is 97.2 Å². The zero-order valence-electron chi connectivity index (χ0n) is 19.2. The van der Waals surface area contributed by atoms with Crippen LogP contribution in [0.25, 0.3) is 5.69 Å². The Hall–Kier alpha value is -4.21. The van der Waals surface area contributed by atoms with Crippen molar-refractivity contribution in [3.05, 3.63) is 125 Å². The molecule has 5 rings (SSSR count). The lowest BCUT2D eigenvalue weighted by atomic mass is 9.96. The second-order valence-corrected chi connectivity index (χ2v) is 8.59. The monoisotopic (exact) mass is 464 g/mol. The molecule has 1 aliphatic heterocycles. The van der Waals surface area contributed by atoms with Crippen molar-refractivity contribution in [1.29, 1.82) is 5.26 Å². The van der Waals surface area contributed by atoms with Crippen LogP contribution in [0.2, 0.25) is 0 Å². The summed E-state index contributed by atoms with van der Waals surface area (Å²) >= 11 is 0. The van der Waals surface area contributed by atoms with Gasteiger partial charge < -0.3 is 9.47 Å². The molecule has 174 valence electrons. The maximum absolute atomic E-state index is 13.6. The fourth-order valence-corrected chi connectivity index (χ4v) is 4.78. The van der Waals surface area contributed by atoms with Gasteiger partial charge in [-0.25, -0.2) is 4.39 Å². The third kappa shape index (κ3) is 4.59. The first-order chi connectivity index (χ1) is 17.2. The molecular weight excluding hydrogens is 439 g/mol. The SMILES string of the molecule is N#Cc1ccn(-c2ccc(F)cc2)c1C(=O)N1CCN(C(c2ccccc2)c2ccccc2)CC1. The van der Waals surface area contributed by atoms with Crippen LogP contribution < -0.4 is 0 Å². The van der Waals surface area contributed by atoms with Crippen molar-refractivity contribution >= 4 is 5.91 Å². The van der Waals surface area contributed by atoms with Gasteiger partial charge in [-0.1, -0.05) is 60.7 Å². The summed E-state index contributed by atoms with van der Waals surface area (Å²) in [5.41, 5.74) is 3.71. The number of carbonyl (C=O) groups is 1. The summed E-state index contributed by atoms with van der Waals surface area (Å²) in [4.78, 5) is 17.8. The summed E-state index contributed by atoms with van der Waals surface area (Å²) in [5, 5.41) is 9.63. The molecule has 5 nitrogen and oxygen atoms in total. The molecule has 0 saturated carbocycles. The lowest BCUT2D eigenvalue weighted by molar-refractivity contribution is 0.0589. The second-order valence-electron chi connectivity index (χ2n) is 8.59. The van der Waals surface area contributed by atoms with Crippen molar-refractivity contribution in [1.82, 2.24) is 14.4 Å². The number of rotatable bonds is 5. The Labute approximate surface area is 204 Å². The Balaban J connectivity index is 1.38. The van der Waals surface area contributed by atoms with Crippen molar-refractivity contribution in [2.24, 2.45) is 0 Å². The highest BCUT2D eigenvalue weighted by atomic mass is 19.1. The average molecular weight is 465 g/mol. The van der Waals surface area contributed by atoms with Gasteiger partial charge in [0.2, 0.25) is 0 Å². The van der Waals surface area contributed by atoms with E-state index in [0.717, 1.165) is 0 Å². The van der Waals surface area contributed by atoms with Gasteiger partial charge in [-0.2, -0.15) is 5.26 Å². The van der Waals surface area contributed by atoms with Gasteiger partial charge >= 0.3 is 0 Å². The molecule has 0 unspecified atom stereocenters. The maximum Gasteiger partial charge on any atom is 0.272 e. The Bertz CT molecular complexity index is 1300. The molecule has 0 spiro atoms. The summed E-state index contributed by atoms with van der Waals surface area (Å²) in [7, 11) is 0. The normalized spacial score (nSPS) is 14.1. The molecule has 1 fully saturated rings. The molecule has 0 radical (unpaired) electrons. The van der Waals surface area contributed by atoms with E-state index in [1.165, 1.54) is 23.3 Å². The van der Waals surface area contributed by atoms with Crippen LogP contribution in [0, 0.1) is 17.1 Å². The zero-order valence-corrected chi connectivity index (χ0v) is 19.2. The topological polar surface area (TPSA) is 52.3 Å². The van der Waals surface area contributed by atoms with E-state index in [9.17, 15) is 14.4 Å². The predicted molar refractivity (Wildman–Crippen MR) is 133 cm³/mol. The molecule has 3 aromatic carbocycles. The van der Waals surface area contributed by atoms with Crippen molar-refractivity contribution < 1.29 is 9.18 Å². The molecule has 0 atom stereocenters. The van der Waals surface area contributed by atoms with Gasteiger partial charge in [0.1, 0.15) is 17.6 Å². The number of carbonyl (C=O) groups excluding carboxylic acids is 1. The smallest absolute Gasteiger partial charge is 0.272 e. The van der Waals surface area contributed by atoms with Crippen LogP contribution in [0.4, 0.5) is 4.39 Å². The van der Waals surface area contributed by atoms with Gasteiger partial charge in [0.15, 0.2) is 0 Å². The van der Waals surface area contributed by atoms with Gasteiger partial charge in [-0.3, -0.25) is 9.69 Å². The van der Waals surface area contributed by atoms with Crippen LogP contribution in [0.5, 0.6) is 0 Å². The molecule has 6 heteroatoms. The number of nitriles is 1. The van der Waals surface area contributed by atoms with Crippen molar-refractivity contribution in [3.63, 3.8) is 0 Å². The minimum atomic E-state index is -0.350. The van der Waals surface area contributed by atoms with E-state index >= 15 is 0 Å². The van der Waals surface area contributed by atoms with Gasteiger partial charge in [0.05, 0.1) is 11.6 Å². The Morgan fingerprint density at radius 1 is 0.800 bits per heavy atom. The Kier molecular flexibility index (Phi) is 6.42. The number of hydrogen-bond donors (Lipinski definition) is 0. The fourth-order valence-electron chi connectivity index (χ4n) is 4.78. The summed E-state index contributed by atoms with van der Waals surface area (Å²) < 4.78 is 15.1. The Morgan fingerprint density at radius 2 is 1.37 bits per heavy atom. The number of hydrogen-bond acceptors (Lipinski definition) is 3. The lowest BCUT2D eigenvalue weighted by Gasteiger charge is -2.40. The predicted octanol–water partition coefficient (Wildman–Crippen LogP) is 5.04. The molecule has 1 amide bonds. The molecule has 35 heavy (non-hydrogen) atoms. The number of aromatic nitrogens is 1. The molecule has 1 aromatic heterocycles. The first-order valence-electron chi connectivity index (χ1n) is 11.7. The van der Waals surface area contributed by atoms with E-state index in [0.29, 0.717) is 43.1 Å². The minimum Gasteiger partial charge on any atom is -0.335 e. The lowest BCUT2D eigenvalue weighted by Crippen LogP contribution is -2.50. The number of piperazine rings is 1.